The molecule has 1 aromatic carbocycles. The molecule has 132 valence electrons. The number of piperidine rings is 1. The number of hydrogen-bond donors (Lipinski definition) is 0. The van der Waals surface area contributed by atoms with Gasteiger partial charge in [-0.3, -0.25) is 0 Å². The lowest BCUT2D eigenvalue weighted by Gasteiger charge is -2.21. The molecule has 0 bridgehead atoms. The van der Waals surface area contributed by atoms with Crippen LogP contribution in [-0.2, 0) is 0 Å². The van der Waals surface area contributed by atoms with Crippen LogP contribution in [0.15, 0.2) is 36.5 Å². The molecule has 6 heteroatoms. The number of alkyl halides is 2. The number of hydrogen-bond acceptors (Lipinski definition) is 3. The van der Waals surface area contributed by atoms with Crippen LogP contribution in [0.4, 0.5) is 19.0 Å². The fraction of sp³-hybridized carbons (Fsp3) is 0.421. The summed E-state index contributed by atoms with van der Waals surface area (Å²) >= 11 is 0. The highest BCUT2D eigenvalue weighted by molar-refractivity contribution is 5.48. The zero-order valence-electron chi connectivity index (χ0n) is 14.0. The van der Waals surface area contributed by atoms with Crippen molar-refractivity contribution in [2.75, 3.05) is 18.0 Å². The Kier molecular flexibility index (Phi) is 3.67. The molecular weight excluding hydrogens is 329 g/mol. The van der Waals surface area contributed by atoms with Crippen LogP contribution in [0.5, 0.6) is 11.5 Å². The lowest BCUT2D eigenvalue weighted by Crippen LogP contribution is -2.27. The van der Waals surface area contributed by atoms with Gasteiger partial charge in [0.1, 0.15) is 23.1 Å². The highest BCUT2D eigenvalue weighted by atomic mass is 19.3. The van der Waals surface area contributed by atoms with E-state index in [1.807, 2.05) is 18.7 Å². The van der Waals surface area contributed by atoms with E-state index >= 15 is 0 Å². The van der Waals surface area contributed by atoms with Gasteiger partial charge in [0.2, 0.25) is 0 Å². The van der Waals surface area contributed by atoms with E-state index in [9.17, 15) is 13.2 Å². The summed E-state index contributed by atoms with van der Waals surface area (Å²) in [5.41, 5.74) is 0.639. The quantitative estimate of drug-likeness (QED) is 0.791. The number of ether oxygens (including phenoxy) is 1. The second kappa shape index (κ2) is 5.64. The maximum absolute atomic E-state index is 14.1. The Morgan fingerprint density at radius 1 is 1.12 bits per heavy atom. The van der Waals surface area contributed by atoms with Gasteiger partial charge in [0.25, 0.3) is 5.92 Å². The molecule has 2 aliphatic rings. The number of nitrogens with zero attached hydrogens (tertiary/aromatic N) is 2. The van der Waals surface area contributed by atoms with Crippen LogP contribution < -0.4 is 9.64 Å². The Morgan fingerprint density at radius 3 is 2.44 bits per heavy atom. The second-order valence-electron chi connectivity index (χ2n) is 7.08. The Hall–Kier alpha value is -2.24. The van der Waals surface area contributed by atoms with Gasteiger partial charge in [0.15, 0.2) is 0 Å². The molecule has 4 rings (SSSR count). The molecule has 0 amide bonds. The van der Waals surface area contributed by atoms with Gasteiger partial charge in [0, 0.05) is 31.4 Å². The highest BCUT2D eigenvalue weighted by Gasteiger charge is 2.71. The first kappa shape index (κ1) is 16.2. The van der Waals surface area contributed by atoms with Gasteiger partial charge >= 0.3 is 0 Å². The van der Waals surface area contributed by atoms with E-state index in [1.165, 1.54) is 6.07 Å². The minimum Gasteiger partial charge on any atom is -0.457 e. The molecule has 0 radical (unpaired) electrons. The van der Waals surface area contributed by atoms with Gasteiger partial charge in [-0.1, -0.05) is 19.9 Å². The molecule has 2 fully saturated rings. The number of benzene rings is 1. The summed E-state index contributed by atoms with van der Waals surface area (Å²) in [6.45, 7) is 4.48. The van der Waals surface area contributed by atoms with Crippen LogP contribution >= 0.6 is 0 Å². The maximum atomic E-state index is 14.1. The first-order valence-electron chi connectivity index (χ1n) is 8.42. The van der Waals surface area contributed by atoms with Gasteiger partial charge in [-0.2, -0.15) is 0 Å². The molecule has 1 aliphatic heterocycles. The monoisotopic (exact) mass is 348 g/mol. The topological polar surface area (TPSA) is 25.4 Å². The molecule has 1 aromatic heterocycles. The van der Waals surface area contributed by atoms with Crippen molar-refractivity contribution in [3.05, 3.63) is 47.9 Å². The van der Waals surface area contributed by atoms with E-state index in [1.54, 1.807) is 30.5 Å². The van der Waals surface area contributed by atoms with Crippen LogP contribution in [0.3, 0.4) is 0 Å². The van der Waals surface area contributed by atoms with Crippen molar-refractivity contribution < 1.29 is 17.9 Å². The minimum absolute atomic E-state index is 0.0984. The van der Waals surface area contributed by atoms with Gasteiger partial charge in [-0.25, -0.2) is 18.2 Å². The predicted molar refractivity (Wildman–Crippen MR) is 88.9 cm³/mol. The highest BCUT2D eigenvalue weighted by Crippen LogP contribution is 2.59. The standard InChI is InChI=1S/C19H19F3N2O/c1-11(2)14-4-3-12(7-17(14)20)25-13-5-6-23-18(8-13)24-9-15-16(10-24)19(15,21)22/h3-8,11,15-16H,9-10H2,1-2H3. The van der Waals surface area contributed by atoms with E-state index in [0.717, 1.165) is 0 Å². The normalized spacial score (nSPS) is 23.7. The molecule has 2 aromatic rings. The van der Waals surface area contributed by atoms with Crippen molar-refractivity contribution in [3.63, 3.8) is 0 Å². The zero-order chi connectivity index (χ0) is 17.8. The van der Waals surface area contributed by atoms with Crippen molar-refractivity contribution in [3.8, 4) is 11.5 Å². The fourth-order valence-electron chi connectivity index (χ4n) is 3.51. The van der Waals surface area contributed by atoms with Crippen LogP contribution in [0.25, 0.3) is 0 Å². The van der Waals surface area contributed by atoms with Crippen LogP contribution in [-0.4, -0.2) is 24.0 Å². The van der Waals surface area contributed by atoms with E-state index in [2.05, 4.69) is 4.98 Å². The number of halogens is 3. The third-order valence-electron chi connectivity index (χ3n) is 5.07. The smallest absolute Gasteiger partial charge is 0.258 e. The Balaban J connectivity index is 1.48. The van der Waals surface area contributed by atoms with Crippen LogP contribution in [0, 0.1) is 17.7 Å². The number of pyridine rings is 1. The largest absolute Gasteiger partial charge is 0.457 e. The second-order valence-corrected chi connectivity index (χ2v) is 7.08. The van der Waals surface area contributed by atoms with Crippen molar-refractivity contribution in [2.24, 2.45) is 11.8 Å². The zero-order valence-corrected chi connectivity index (χ0v) is 14.0. The van der Waals surface area contributed by atoms with E-state index in [4.69, 9.17) is 4.74 Å². The Morgan fingerprint density at radius 2 is 1.80 bits per heavy atom. The van der Waals surface area contributed by atoms with Crippen molar-refractivity contribution in [2.45, 2.75) is 25.7 Å². The van der Waals surface area contributed by atoms with E-state index in [0.29, 0.717) is 36.0 Å². The molecule has 1 saturated heterocycles. The molecule has 2 heterocycles. The van der Waals surface area contributed by atoms with Crippen LogP contribution in [0.2, 0.25) is 0 Å². The summed E-state index contributed by atoms with van der Waals surface area (Å²) < 4.78 is 46.4. The van der Waals surface area contributed by atoms with E-state index < -0.39 is 17.8 Å². The third kappa shape index (κ3) is 2.83. The van der Waals surface area contributed by atoms with Gasteiger partial charge in [0.05, 0.1) is 11.8 Å². The molecule has 3 nitrogen and oxygen atoms in total. The molecule has 2 atom stereocenters. The minimum atomic E-state index is -2.51. The van der Waals surface area contributed by atoms with Crippen molar-refractivity contribution >= 4 is 5.82 Å². The summed E-state index contributed by atoms with van der Waals surface area (Å²) in [4.78, 5) is 6.10. The van der Waals surface area contributed by atoms with Crippen molar-refractivity contribution in [1.82, 2.24) is 4.98 Å². The summed E-state index contributed by atoms with van der Waals surface area (Å²) in [6.07, 6.45) is 1.57. The Labute approximate surface area is 144 Å². The molecule has 1 saturated carbocycles. The molecule has 2 unspecified atom stereocenters. The average Bonchev–Trinajstić information content (AvgIpc) is 2.91. The summed E-state index contributed by atoms with van der Waals surface area (Å²) in [5.74, 6) is -2.32. The van der Waals surface area contributed by atoms with Gasteiger partial charge in [-0.05, 0) is 23.6 Å². The van der Waals surface area contributed by atoms with Gasteiger partial charge < -0.3 is 9.64 Å². The Bertz CT molecular complexity index is 795. The maximum Gasteiger partial charge on any atom is 0.258 e. The number of aromatic nitrogens is 1. The third-order valence-corrected chi connectivity index (χ3v) is 5.07. The SMILES string of the molecule is CC(C)c1ccc(Oc2ccnc(N3CC4C(C3)C4(F)F)c2)cc1F. The number of rotatable bonds is 4. The predicted octanol–water partition coefficient (Wildman–Crippen LogP) is 4.84. The number of fused-ring (bicyclic) bond motifs is 1. The summed E-state index contributed by atoms with van der Waals surface area (Å²) in [5, 5.41) is 0. The average molecular weight is 348 g/mol. The lowest BCUT2D eigenvalue weighted by atomic mass is 10.0. The first-order chi connectivity index (χ1) is 11.9. The lowest BCUT2D eigenvalue weighted by molar-refractivity contribution is 0.0797. The molecule has 1 aliphatic carbocycles. The number of anilines is 1. The molecular formula is C19H19F3N2O. The fourth-order valence-corrected chi connectivity index (χ4v) is 3.51. The molecule has 0 spiro atoms. The van der Waals surface area contributed by atoms with Crippen LogP contribution in [0.1, 0.15) is 25.3 Å². The molecule has 0 N–H and O–H groups in total. The van der Waals surface area contributed by atoms with E-state index in [-0.39, 0.29) is 11.7 Å². The summed E-state index contributed by atoms with van der Waals surface area (Å²) in [6, 6.07) is 8.18. The molecule has 25 heavy (non-hydrogen) atoms. The summed E-state index contributed by atoms with van der Waals surface area (Å²) in [7, 11) is 0. The first-order valence-corrected chi connectivity index (χ1v) is 8.42. The van der Waals surface area contributed by atoms with Gasteiger partial charge in [-0.15, -0.1) is 0 Å². The van der Waals surface area contributed by atoms with Crippen molar-refractivity contribution in [1.29, 1.82) is 0 Å².